The second kappa shape index (κ2) is 8.80. The summed E-state index contributed by atoms with van der Waals surface area (Å²) >= 11 is 0. The zero-order chi connectivity index (χ0) is 20.9. The van der Waals surface area contributed by atoms with Crippen LogP contribution >= 0.6 is 0 Å². The molecule has 1 amide bonds. The smallest absolute Gasteiger partial charge is 0.471 e. The topological polar surface area (TPSA) is 127 Å². The third kappa shape index (κ3) is 5.76. The first-order valence-electron chi connectivity index (χ1n) is 8.01. The Morgan fingerprint density at radius 2 is 1.89 bits per heavy atom. The van der Waals surface area contributed by atoms with Crippen LogP contribution in [0.25, 0.3) is 11.4 Å². The molecule has 0 bridgehead atoms. The average molecular weight is 402 g/mol. The molecule has 0 aliphatic heterocycles. The van der Waals surface area contributed by atoms with Crippen molar-refractivity contribution in [1.29, 1.82) is 0 Å². The maximum absolute atomic E-state index is 12.5. The molecule has 9 nitrogen and oxygen atoms in total. The highest BCUT2D eigenvalue weighted by Crippen LogP contribution is 2.29. The second-order valence-electron chi connectivity index (χ2n) is 5.82. The van der Waals surface area contributed by atoms with Crippen molar-refractivity contribution in [2.45, 2.75) is 32.2 Å². The van der Waals surface area contributed by atoms with Crippen molar-refractivity contribution in [3.63, 3.8) is 0 Å². The van der Waals surface area contributed by atoms with E-state index in [1.165, 1.54) is 31.2 Å². The molecule has 1 heterocycles. The summed E-state index contributed by atoms with van der Waals surface area (Å²) in [5.74, 6) is -3.27. The Labute approximate surface area is 156 Å². The Morgan fingerprint density at radius 1 is 1.25 bits per heavy atom. The highest BCUT2D eigenvalue weighted by Gasteiger charge is 2.38. The number of amides is 1. The van der Waals surface area contributed by atoms with Crippen molar-refractivity contribution in [3.05, 3.63) is 35.7 Å². The van der Waals surface area contributed by atoms with Crippen LogP contribution in [0.2, 0.25) is 0 Å². The molecule has 0 saturated carbocycles. The molecule has 1 aromatic carbocycles. The van der Waals surface area contributed by atoms with Crippen molar-refractivity contribution in [1.82, 2.24) is 20.9 Å². The number of alkyl halides is 3. The second-order valence-corrected chi connectivity index (χ2v) is 5.82. The first-order valence-corrected chi connectivity index (χ1v) is 8.01. The lowest BCUT2D eigenvalue weighted by molar-refractivity contribution is -0.159. The highest BCUT2D eigenvalue weighted by molar-refractivity contribution is 5.94. The monoisotopic (exact) mass is 402 g/mol. The summed E-state index contributed by atoms with van der Waals surface area (Å²) in [5.41, 5.74) is 2.96. The molecular formula is C16H17F3N4O5. The van der Waals surface area contributed by atoms with Gasteiger partial charge < -0.3 is 14.9 Å². The minimum atomic E-state index is -4.73. The number of rotatable bonds is 8. The third-order valence-electron chi connectivity index (χ3n) is 3.45. The molecule has 3 N–H and O–H groups in total. The highest BCUT2D eigenvalue weighted by atomic mass is 19.4. The van der Waals surface area contributed by atoms with Gasteiger partial charge in [0.2, 0.25) is 5.82 Å². The van der Waals surface area contributed by atoms with E-state index in [9.17, 15) is 22.8 Å². The first-order chi connectivity index (χ1) is 13.1. The standard InChI is InChI=1S/C16H17F3N4O5/c1-8(7-20-27-9(2)14(25)26)21-13(24)11-5-3-10(4-6-11)12-22-15(28-23-12)16(17,18)19/h3-6,8-9,20H,7H2,1-2H3,(H,21,24)(H,25,26)/t8?,9-/m1/s1. The number of nitrogens with zero attached hydrogens (tertiary/aromatic N) is 2. The molecule has 1 unspecified atom stereocenters. The Hall–Kier alpha value is -2.99. The Kier molecular flexibility index (Phi) is 6.70. The van der Waals surface area contributed by atoms with Crippen LogP contribution in [-0.4, -0.2) is 45.8 Å². The van der Waals surface area contributed by atoms with Gasteiger partial charge in [-0.25, -0.2) is 4.79 Å². The number of halogens is 3. The summed E-state index contributed by atoms with van der Waals surface area (Å²) in [6.45, 7) is 3.18. The van der Waals surface area contributed by atoms with Crippen molar-refractivity contribution >= 4 is 11.9 Å². The Bertz CT molecular complexity index is 822. The number of carboxylic acids is 1. The SMILES string of the molecule is CC(CNO[C@H](C)C(=O)O)NC(=O)c1ccc(-c2noc(C(F)(F)F)n2)cc1. The number of carbonyl (C=O) groups is 2. The van der Waals surface area contributed by atoms with Crippen molar-refractivity contribution in [2.75, 3.05) is 6.54 Å². The lowest BCUT2D eigenvalue weighted by Crippen LogP contribution is -2.41. The number of carbonyl (C=O) groups excluding carboxylic acids is 1. The van der Waals surface area contributed by atoms with Crippen LogP contribution in [-0.2, 0) is 15.8 Å². The molecule has 2 rings (SSSR count). The number of hydroxylamine groups is 1. The van der Waals surface area contributed by atoms with Crippen LogP contribution in [0.5, 0.6) is 0 Å². The van der Waals surface area contributed by atoms with Gasteiger partial charge in [-0.3, -0.25) is 9.63 Å². The van der Waals surface area contributed by atoms with Gasteiger partial charge in [0.1, 0.15) is 0 Å². The number of hydrogen-bond acceptors (Lipinski definition) is 7. The molecular weight excluding hydrogens is 385 g/mol. The third-order valence-corrected chi connectivity index (χ3v) is 3.45. The molecule has 2 aromatic rings. The fraction of sp³-hybridized carbons (Fsp3) is 0.375. The number of nitrogens with one attached hydrogen (secondary N) is 2. The van der Waals surface area contributed by atoms with E-state index >= 15 is 0 Å². The van der Waals surface area contributed by atoms with Gasteiger partial charge in [0.25, 0.3) is 5.91 Å². The maximum atomic E-state index is 12.5. The summed E-state index contributed by atoms with van der Waals surface area (Å²) in [6.07, 6.45) is -5.78. The van der Waals surface area contributed by atoms with Gasteiger partial charge in [-0.05, 0) is 26.0 Å². The summed E-state index contributed by atoms with van der Waals surface area (Å²) in [6, 6.07) is 5.19. The summed E-state index contributed by atoms with van der Waals surface area (Å²) in [5, 5.41) is 14.6. The molecule has 28 heavy (non-hydrogen) atoms. The predicted molar refractivity (Wildman–Crippen MR) is 87.8 cm³/mol. The van der Waals surface area contributed by atoms with Crippen molar-refractivity contribution in [2.24, 2.45) is 0 Å². The molecule has 0 aliphatic carbocycles. The number of benzene rings is 1. The van der Waals surface area contributed by atoms with Gasteiger partial charge in [-0.1, -0.05) is 17.3 Å². The number of hydrogen-bond donors (Lipinski definition) is 3. The minimum Gasteiger partial charge on any atom is -0.479 e. The normalized spacial score (nSPS) is 13.8. The Balaban J connectivity index is 1.91. The van der Waals surface area contributed by atoms with Crippen LogP contribution in [0, 0.1) is 0 Å². The molecule has 0 radical (unpaired) electrons. The molecule has 0 aliphatic rings. The van der Waals surface area contributed by atoms with Crippen LogP contribution in [0.1, 0.15) is 30.1 Å². The zero-order valence-corrected chi connectivity index (χ0v) is 14.8. The molecule has 152 valence electrons. The van der Waals surface area contributed by atoms with E-state index in [1.807, 2.05) is 0 Å². The van der Waals surface area contributed by atoms with Gasteiger partial charge in [-0.15, -0.1) is 0 Å². The minimum absolute atomic E-state index is 0.157. The van der Waals surface area contributed by atoms with Gasteiger partial charge in [0, 0.05) is 23.7 Å². The molecule has 0 fully saturated rings. The molecule has 0 spiro atoms. The van der Waals surface area contributed by atoms with Crippen LogP contribution < -0.4 is 10.8 Å². The van der Waals surface area contributed by atoms with Gasteiger partial charge in [0.15, 0.2) is 6.10 Å². The van der Waals surface area contributed by atoms with Crippen molar-refractivity contribution < 1.29 is 37.2 Å². The van der Waals surface area contributed by atoms with Gasteiger partial charge >= 0.3 is 18.0 Å². The molecule has 12 heteroatoms. The van der Waals surface area contributed by atoms with Gasteiger partial charge in [-0.2, -0.15) is 23.6 Å². The average Bonchev–Trinajstić information content (AvgIpc) is 3.12. The van der Waals surface area contributed by atoms with Crippen LogP contribution in [0.3, 0.4) is 0 Å². The van der Waals surface area contributed by atoms with E-state index < -0.39 is 30.0 Å². The number of aliphatic carboxylic acids is 1. The molecule has 2 atom stereocenters. The summed E-state index contributed by atoms with van der Waals surface area (Å²) < 4.78 is 41.6. The van der Waals surface area contributed by atoms with E-state index in [1.54, 1.807) is 6.92 Å². The lowest BCUT2D eigenvalue weighted by atomic mass is 10.1. The van der Waals surface area contributed by atoms with E-state index in [-0.39, 0.29) is 29.5 Å². The van der Waals surface area contributed by atoms with Crippen molar-refractivity contribution in [3.8, 4) is 11.4 Å². The summed E-state index contributed by atoms with van der Waals surface area (Å²) in [4.78, 5) is 30.9. The first kappa shape index (κ1) is 21.3. The van der Waals surface area contributed by atoms with E-state index in [0.717, 1.165) is 0 Å². The quantitative estimate of drug-likeness (QED) is 0.571. The largest absolute Gasteiger partial charge is 0.479 e. The van der Waals surface area contributed by atoms with Crippen LogP contribution in [0.15, 0.2) is 28.8 Å². The molecule has 1 aromatic heterocycles. The Morgan fingerprint density at radius 3 is 2.43 bits per heavy atom. The van der Waals surface area contributed by atoms with Crippen LogP contribution in [0.4, 0.5) is 13.2 Å². The number of aromatic nitrogens is 2. The lowest BCUT2D eigenvalue weighted by Gasteiger charge is -2.16. The zero-order valence-electron chi connectivity index (χ0n) is 14.8. The molecule has 0 saturated heterocycles. The van der Waals surface area contributed by atoms with Gasteiger partial charge in [0.05, 0.1) is 0 Å². The van der Waals surface area contributed by atoms with E-state index in [0.29, 0.717) is 0 Å². The predicted octanol–water partition coefficient (Wildman–Crippen LogP) is 1.87. The van der Waals surface area contributed by atoms with E-state index in [4.69, 9.17) is 9.94 Å². The fourth-order valence-corrected chi connectivity index (χ4v) is 1.93. The number of carboxylic acid groups (broad SMARTS) is 1. The fourth-order valence-electron chi connectivity index (χ4n) is 1.93. The summed E-state index contributed by atoms with van der Waals surface area (Å²) in [7, 11) is 0. The maximum Gasteiger partial charge on any atom is 0.471 e. The van der Waals surface area contributed by atoms with E-state index in [2.05, 4.69) is 25.5 Å².